The second kappa shape index (κ2) is 7.29. The number of hydrogen-bond donors (Lipinski definition) is 1. The van der Waals surface area contributed by atoms with Crippen molar-refractivity contribution in [1.29, 1.82) is 0 Å². The molecule has 0 bridgehead atoms. The summed E-state index contributed by atoms with van der Waals surface area (Å²) in [6, 6.07) is 8.66. The van der Waals surface area contributed by atoms with Crippen LogP contribution in [0.5, 0.6) is 0 Å². The lowest BCUT2D eigenvalue weighted by Gasteiger charge is -2.22. The Morgan fingerprint density at radius 2 is 1.95 bits per heavy atom. The van der Waals surface area contributed by atoms with E-state index in [4.69, 9.17) is 0 Å². The second-order valence-electron chi connectivity index (χ2n) is 5.55. The summed E-state index contributed by atoms with van der Waals surface area (Å²) in [6.45, 7) is 4.35. The van der Waals surface area contributed by atoms with Gasteiger partial charge in [0, 0.05) is 45.8 Å². The highest BCUT2D eigenvalue weighted by Gasteiger charge is 2.09. The molecule has 0 unspecified atom stereocenters. The van der Waals surface area contributed by atoms with Gasteiger partial charge in [-0.05, 0) is 37.1 Å². The van der Waals surface area contributed by atoms with Gasteiger partial charge in [0.15, 0.2) is 0 Å². The molecule has 1 amide bonds. The van der Waals surface area contributed by atoms with Gasteiger partial charge in [0.1, 0.15) is 0 Å². The van der Waals surface area contributed by atoms with Gasteiger partial charge in [-0.3, -0.25) is 4.79 Å². The highest BCUT2D eigenvalue weighted by molar-refractivity contribution is 5.75. The summed E-state index contributed by atoms with van der Waals surface area (Å²) in [5.74, 6) is 0.188. The molecule has 1 N–H and O–H groups in total. The number of anilines is 1. The van der Waals surface area contributed by atoms with Crippen LogP contribution in [-0.4, -0.2) is 51.1 Å². The van der Waals surface area contributed by atoms with Crippen molar-refractivity contribution in [3.8, 4) is 0 Å². The molecule has 2 rings (SSSR count). The van der Waals surface area contributed by atoms with Crippen LogP contribution in [0, 0.1) is 0 Å². The van der Waals surface area contributed by atoms with Gasteiger partial charge in [0.05, 0.1) is 0 Å². The zero-order valence-corrected chi connectivity index (χ0v) is 12.6. The number of nitrogens with zero attached hydrogens (tertiary/aromatic N) is 2. The van der Waals surface area contributed by atoms with E-state index in [0.717, 1.165) is 32.6 Å². The van der Waals surface area contributed by atoms with E-state index < -0.39 is 0 Å². The molecule has 1 saturated heterocycles. The maximum atomic E-state index is 11.6. The topological polar surface area (TPSA) is 35.6 Å². The normalized spacial score (nSPS) is 15.8. The first kappa shape index (κ1) is 14.9. The van der Waals surface area contributed by atoms with Crippen molar-refractivity contribution in [3.05, 3.63) is 29.8 Å². The van der Waals surface area contributed by atoms with Crippen molar-refractivity contribution in [2.45, 2.75) is 19.3 Å². The Morgan fingerprint density at radius 1 is 1.20 bits per heavy atom. The summed E-state index contributed by atoms with van der Waals surface area (Å²) in [6.07, 6.45) is 2.60. The first-order chi connectivity index (χ1) is 9.66. The monoisotopic (exact) mass is 275 g/mol. The molecule has 1 heterocycles. The number of nitrogens with one attached hydrogen (secondary N) is 1. The lowest BCUT2D eigenvalue weighted by molar-refractivity contribution is -0.128. The minimum absolute atomic E-state index is 0.188. The maximum absolute atomic E-state index is 11.6. The molecule has 0 aromatic heterocycles. The Labute approximate surface area is 121 Å². The van der Waals surface area contributed by atoms with E-state index in [-0.39, 0.29) is 5.91 Å². The Hall–Kier alpha value is -1.55. The van der Waals surface area contributed by atoms with Gasteiger partial charge >= 0.3 is 0 Å². The van der Waals surface area contributed by atoms with Crippen molar-refractivity contribution in [1.82, 2.24) is 10.2 Å². The summed E-state index contributed by atoms with van der Waals surface area (Å²) in [5.41, 5.74) is 2.52. The fourth-order valence-electron chi connectivity index (χ4n) is 2.45. The largest absolute Gasteiger partial charge is 0.370 e. The summed E-state index contributed by atoms with van der Waals surface area (Å²) in [7, 11) is 3.61. The molecule has 0 aliphatic carbocycles. The van der Waals surface area contributed by atoms with E-state index in [0.29, 0.717) is 6.42 Å². The van der Waals surface area contributed by atoms with Gasteiger partial charge in [-0.25, -0.2) is 0 Å². The quantitative estimate of drug-likeness (QED) is 0.904. The van der Waals surface area contributed by atoms with Gasteiger partial charge in [-0.15, -0.1) is 0 Å². The van der Waals surface area contributed by atoms with E-state index in [1.54, 1.807) is 19.0 Å². The molecule has 1 aromatic carbocycles. The molecule has 0 atom stereocenters. The minimum Gasteiger partial charge on any atom is -0.370 e. The lowest BCUT2D eigenvalue weighted by atomic mass is 10.1. The van der Waals surface area contributed by atoms with Gasteiger partial charge in [-0.2, -0.15) is 0 Å². The molecule has 0 radical (unpaired) electrons. The van der Waals surface area contributed by atoms with Crippen LogP contribution in [0.2, 0.25) is 0 Å². The van der Waals surface area contributed by atoms with Crippen LogP contribution in [0.4, 0.5) is 5.69 Å². The molecule has 1 aliphatic rings. The molecular weight excluding hydrogens is 250 g/mol. The predicted octanol–water partition coefficient (Wildman–Crippen LogP) is 1.51. The highest BCUT2D eigenvalue weighted by atomic mass is 16.2. The summed E-state index contributed by atoms with van der Waals surface area (Å²) in [5, 5.41) is 3.42. The number of benzene rings is 1. The van der Waals surface area contributed by atoms with Crippen LogP contribution in [0.15, 0.2) is 24.3 Å². The Morgan fingerprint density at radius 3 is 2.65 bits per heavy atom. The molecule has 4 heteroatoms. The van der Waals surface area contributed by atoms with Crippen molar-refractivity contribution in [3.63, 3.8) is 0 Å². The summed E-state index contributed by atoms with van der Waals surface area (Å²) < 4.78 is 0. The third kappa shape index (κ3) is 4.23. The Balaban J connectivity index is 1.90. The molecule has 1 aromatic rings. The number of carbonyl (C=O) groups excluding carboxylic acids is 1. The summed E-state index contributed by atoms with van der Waals surface area (Å²) in [4.78, 5) is 15.7. The highest BCUT2D eigenvalue weighted by Crippen LogP contribution is 2.17. The molecule has 0 spiro atoms. The standard InChI is InChI=1S/C16H25N3O/c1-18(2)16(20)9-6-14-4-7-15(8-5-14)19-12-3-10-17-11-13-19/h4-5,7-8,17H,3,6,9-13H2,1-2H3. The van der Waals surface area contributed by atoms with Gasteiger partial charge in [0.2, 0.25) is 5.91 Å². The SMILES string of the molecule is CN(C)C(=O)CCc1ccc(N2CCCNCC2)cc1. The molecule has 110 valence electrons. The molecule has 1 fully saturated rings. The van der Waals surface area contributed by atoms with Crippen molar-refractivity contribution in [2.75, 3.05) is 45.2 Å². The molecule has 1 aliphatic heterocycles. The molecule has 20 heavy (non-hydrogen) atoms. The first-order valence-electron chi connectivity index (χ1n) is 7.41. The predicted molar refractivity (Wildman–Crippen MR) is 83.2 cm³/mol. The molecule has 4 nitrogen and oxygen atoms in total. The second-order valence-corrected chi connectivity index (χ2v) is 5.55. The number of aryl methyl sites for hydroxylation is 1. The van der Waals surface area contributed by atoms with Crippen LogP contribution in [0.25, 0.3) is 0 Å². The average Bonchev–Trinajstić information content (AvgIpc) is 2.74. The van der Waals surface area contributed by atoms with Crippen LogP contribution < -0.4 is 10.2 Å². The fourth-order valence-corrected chi connectivity index (χ4v) is 2.45. The van der Waals surface area contributed by atoms with E-state index in [1.165, 1.54) is 17.7 Å². The first-order valence-corrected chi connectivity index (χ1v) is 7.41. The number of rotatable bonds is 4. The molecular formula is C16H25N3O. The third-order valence-corrected chi connectivity index (χ3v) is 3.77. The zero-order valence-electron chi connectivity index (χ0n) is 12.6. The van der Waals surface area contributed by atoms with E-state index in [9.17, 15) is 4.79 Å². The lowest BCUT2D eigenvalue weighted by Crippen LogP contribution is -2.27. The van der Waals surface area contributed by atoms with Crippen molar-refractivity contribution in [2.24, 2.45) is 0 Å². The molecule has 0 saturated carbocycles. The number of amides is 1. The Bertz CT molecular complexity index is 420. The van der Waals surface area contributed by atoms with Gasteiger partial charge in [0.25, 0.3) is 0 Å². The maximum Gasteiger partial charge on any atom is 0.222 e. The summed E-state index contributed by atoms with van der Waals surface area (Å²) >= 11 is 0. The zero-order chi connectivity index (χ0) is 14.4. The third-order valence-electron chi connectivity index (χ3n) is 3.77. The van der Waals surface area contributed by atoms with Crippen LogP contribution in [0.3, 0.4) is 0 Å². The van der Waals surface area contributed by atoms with Crippen LogP contribution in [-0.2, 0) is 11.2 Å². The van der Waals surface area contributed by atoms with Crippen LogP contribution >= 0.6 is 0 Å². The van der Waals surface area contributed by atoms with Crippen LogP contribution in [0.1, 0.15) is 18.4 Å². The van der Waals surface area contributed by atoms with E-state index in [2.05, 4.69) is 34.5 Å². The minimum atomic E-state index is 0.188. The Kier molecular flexibility index (Phi) is 5.41. The fraction of sp³-hybridized carbons (Fsp3) is 0.562. The number of carbonyl (C=O) groups is 1. The van der Waals surface area contributed by atoms with Crippen molar-refractivity contribution < 1.29 is 4.79 Å². The number of hydrogen-bond acceptors (Lipinski definition) is 3. The smallest absolute Gasteiger partial charge is 0.222 e. The van der Waals surface area contributed by atoms with E-state index >= 15 is 0 Å². The average molecular weight is 275 g/mol. The van der Waals surface area contributed by atoms with E-state index in [1.807, 2.05) is 0 Å². The van der Waals surface area contributed by atoms with Crippen molar-refractivity contribution >= 4 is 11.6 Å². The van der Waals surface area contributed by atoms with Gasteiger partial charge in [-0.1, -0.05) is 12.1 Å². The van der Waals surface area contributed by atoms with Gasteiger partial charge < -0.3 is 15.1 Å².